The average molecular weight is 517 g/mol. The summed E-state index contributed by atoms with van der Waals surface area (Å²) in [6, 6.07) is 13.8. The molecule has 3 aromatic rings. The lowest BCUT2D eigenvalue weighted by Crippen LogP contribution is -2.46. The molecule has 1 heterocycles. The molecule has 2 aromatic carbocycles. The van der Waals surface area contributed by atoms with Crippen molar-refractivity contribution in [3.8, 4) is 23.1 Å². The maximum atomic E-state index is 13.0. The van der Waals surface area contributed by atoms with Crippen molar-refractivity contribution in [2.75, 3.05) is 6.54 Å². The van der Waals surface area contributed by atoms with Crippen LogP contribution in [0.15, 0.2) is 53.8 Å². The molecule has 0 aliphatic heterocycles. The van der Waals surface area contributed by atoms with Crippen molar-refractivity contribution in [2.45, 2.75) is 64.7 Å². The molecule has 0 bridgehead atoms. The molecule has 3 rings (SSSR count). The van der Waals surface area contributed by atoms with E-state index in [0.29, 0.717) is 12.2 Å². The lowest BCUT2D eigenvalue weighted by molar-refractivity contribution is 0.0843. The Morgan fingerprint density at radius 3 is 2.47 bits per heavy atom. The number of nitrogens with one attached hydrogen (secondary N) is 2. The number of carbonyl (C=O) groups is 1. The lowest BCUT2D eigenvalue weighted by Gasteiger charge is -2.23. The highest BCUT2D eigenvalue weighted by Crippen LogP contribution is 2.26. The Balaban J connectivity index is 1.79. The van der Waals surface area contributed by atoms with Crippen LogP contribution in [-0.2, 0) is 18.9 Å². The summed E-state index contributed by atoms with van der Waals surface area (Å²) in [5.74, 6) is 0.961. The number of aromatic nitrogens is 2. The molecule has 3 N–H and O–H groups in total. The largest absolute Gasteiger partial charge is 0.490 e. The van der Waals surface area contributed by atoms with Crippen LogP contribution in [0.3, 0.4) is 0 Å². The molecule has 0 saturated carbocycles. The van der Waals surface area contributed by atoms with Crippen molar-refractivity contribution < 1.29 is 14.6 Å². The quantitative estimate of drug-likeness (QED) is 0.333. The number of hydrogen-bond acceptors (Lipinski definition) is 7. The van der Waals surface area contributed by atoms with Gasteiger partial charge in [0.25, 0.3) is 5.91 Å². The van der Waals surface area contributed by atoms with Gasteiger partial charge in [0, 0.05) is 29.8 Å². The fourth-order valence-electron chi connectivity index (χ4n) is 4.24. The first kappa shape index (κ1) is 28.5. The Kier molecular flexibility index (Phi) is 9.02. The molecule has 9 nitrogen and oxygen atoms in total. The van der Waals surface area contributed by atoms with E-state index in [0.717, 1.165) is 22.6 Å². The zero-order valence-electron chi connectivity index (χ0n) is 22.8. The first-order valence-corrected chi connectivity index (χ1v) is 12.6. The molecule has 1 aromatic heterocycles. The molecule has 0 aliphatic carbocycles. The number of nitrogens with zero attached hydrogens (tertiary/aromatic N) is 4. The Hall–Kier alpha value is -4.03. The summed E-state index contributed by atoms with van der Waals surface area (Å²) in [5.41, 5.74) is 10.4. The standard InChI is InChI=1S/C29H36N6O3/c1-18(2)38-26-12-11-21(14-22(26)15-30)27(37)33-23(25(36)16-32-31)13-19-7-9-20(10-8-19)24-17-35(6)28(34-24)29(3,4)5/h7-12,14,17-18,23,25,31,36H,13,16H2,1-6H3,(H,33,37)/t23-,25?/m0/s1. The minimum atomic E-state index is -1.06. The number of rotatable bonds is 10. The number of ether oxygens (including phenoxy) is 1. The number of carbonyl (C=O) groups excluding carboxylic acids is 1. The van der Waals surface area contributed by atoms with Gasteiger partial charge in [-0.1, -0.05) is 45.0 Å². The van der Waals surface area contributed by atoms with Gasteiger partial charge >= 0.3 is 0 Å². The number of imidazole rings is 1. The van der Waals surface area contributed by atoms with Crippen LogP contribution in [0.1, 0.15) is 61.9 Å². The second-order valence-electron chi connectivity index (χ2n) is 10.7. The van der Waals surface area contributed by atoms with Crippen molar-refractivity contribution >= 4 is 5.91 Å². The summed E-state index contributed by atoms with van der Waals surface area (Å²) in [6.07, 6.45) is 1.17. The number of hydrogen-bond donors (Lipinski definition) is 3. The van der Waals surface area contributed by atoms with Crippen LogP contribution < -0.4 is 10.1 Å². The summed E-state index contributed by atoms with van der Waals surface area (Å²) in [7, 11) is 1.99. The van der Waals surface area contributed by atoms with E-state index in [4.69, 9.17) is 15.3 Å². The smallest absolute Gasteiger partial charge is 0.251 e. The average Bonchev–Trinajstić information content (AvgIpc) is 3.26. The van der Waals surface area contributed by atoms with Crippen LogP contribution in [-0.4, -0.2) is 45.4 Å². The molecular weight excluding hydrogens is 480 g/mol. The van der Waals surface area contributed by atoms with Gasteiger partial charge in [-0.2, -0.15) is 10.4 Å². The second kappa shape index (κ2) is 12.0. The zero-order valence-corrected chi connectivity index (χ0v) is 22.8. The first-order chi connectivity index (χ1) is 17.9. The zero-order chi connectivity index (χ0) is 28.0. The molecule has 0 radical (unpaired) electrons. The number of benzene rings is 2. The van der Waals surface area contributed by atoms with E-state index in [9.17, 15) is 15.2 Å². The van der Waals surface area contributed by atoms with E-state index in [1.54, 1.807) is 12.1 Å². The topological polar surface area (TPSA) is 136 Å². The van der Waals surface area contributed by atoms with Gasteiger partial charge in [-0.25, -0.2) is 10.5 Å². The van der Waals surface area contributed by atoms with Crippen molar-refractivity contribution in [3.63, 3.8) is 0 Å². The molecule has 1 unspecified atom stereocenters. The van der Waals surface area contributed by atoms with Gasteiger partial charge in [-0.05, 0) is 44.0 Å². The van der Waals surface area contributed by atoms with E-state index in [-0.39, 0.29) is 29.2 Å². The van der Waals surface area contributed by atoms with Crippen LogP contribution >= 0.6 is 0 Å². The second-order valence-corrected chi connectivity index (χ2v) is 10.7. The Labute approximate surface area is 224 Å². The lowest BCUT2D eigenvalue weighted by atomic mass is 9.96. The number of amides is 1. The molecule has 200 valence electrons. The predicted molar refractivity (Wildman–Crippen MR) is 145 cm³/mol. The summed E-state index contributed by atoms with van der Waals surface area (Å²) in [4.78, 5) is 17.9. The van der Waals surface area contributed by atoms with Gasteiger partial charge in [0.05, 0.1) is 36.1 Å². The van der Waals surface area contributed by atoms with Crippen LogP contribution in [0.5, 0.6) is 5.75 Å². The molecule has 0 saturated heterocycles. The fourth-order valence-corrected chi connectivity index (χ4v) is 4.24. The highest BCUT2D eigenvalue weighted by molar-refractivity contribution is 5.95. The van der Waals surface area contributed by atoms with E-state index in [2.05, 4.69) is 37.3 Å². The van der Waals surface area contributed by atoms with Gasteiger partial charge in [-0.15, -0.1) is 0 Å². The number of aliphatic hydroxyl groups is 1. The monoisotopic (exact) mass is 516 g/mol. The summed E-state index contributed by atoms with van der Waals surface area (Å²) < 4.78 is 7.67. The molecule has 0 fully saturated rings. The third-order valence-electron chi connectivity index (χ3n) is 6.04. The molecule has 0 aliphatic rings. The summed E-state index contributed by atoms with van der Waals surface area (Å²) in [6.45, 7) is 9.95. The van der Waals surface area contributed by atoms with Crippen LogP contribution in [0, 0.1) is 16.9 Å². The van der Waals surface area contributed by atoms with E-state index in [1.807, 2.05) is 55.9 Å². The fraction of sp³-hybridized carbons (Fsp3) is 0.414. The Bertz CT molecular complexity index is 1320. The minimum Gasteiger partial charge on any atom is -0.490 e. The van der Waals surface area contributed by atoms with Gasteiger partial charge in [0.15, 0.2) is 0 Å². The Morgan fingerprint density at radius 1 is 1.24 bits per heavy atom. The molecule has 1 amide bonds. The maximum absolute atomic E-state index is 13.0. The van der Waals surface area contributed by atoms with Crippen LogP contribution in [0.25, 0.3) is 11.3 Å². The highest BCUT2D eigenvalue weighted by Gasteiger charge is 2.24. The van der Waals surface area contributed by atoms with Crippen molar-refractivity contribution in [1.29, 1.82) is 10.8 Å². The predicted octanol–water partition coefficient (Wildman–Crippen LogP) is 4.78. The van der Waals surface area contributed by atoms with E-state index in [1.165, 1.54) is 6.07 Å². The third-order valence-corrected chi connectivity index (χ3v) is 6.04. The van der Waals surface area contributed by atoms with Crippen LogP contribution in [0.4, 0.5) is 0 Å². The van der Waals surface area contributed by atoms with Gasteiger partial charge in [0.2, 0.25) is 0 Å². The maximum Gasteiger partial charge on any atom is 0.251 e. The Morgan fingerprint density at radius 2 is 1.92 bits per heavy atom. The van der Waals surface area contributed by atoms with Crippen LogP contribution in [0.2, 0.25) is 0 Å². The SMILES string of the molecule is CC(C)Oc1ccc(C(=O)N[C@@H](Cc2ccc(-c3cn(C)c(C(C)(C)C)n3)cc2)C(O)CN=N)cc1C#N. The molecule has 38 heavy (non-hydrogen) atoms. The molecule has 9 heteroatoms. The highest BCUT2D eigenvalue weighted by atomic mass is 16.5. The first-order valence-electron chi connectivity index (χ1n) is 12.6. The van der Waals surface area contributed by atoms with E-state index < -0.39 is 18.1 Å². The third kappa shape index (κ3) is 7.05. The van der Waals surface area contributed by atoms with Gasteiger partial charge in [-0.3, -0.25) is 4.79 Å². The molecular formula is C29H36N6O3. The molecule has 0 spiro atoms. The normalized spacial score (nSPS) is 13.0. The van der Waals surface area contributed by atoms with Gasteiger partial charge < -0.3 is 19.7 Å². The minimum absolute atomic E-state index is 0.0762. The van der Waals surface area contributed by atoms with Crippen molar-refractivity contribution in [3.05, 3.63) is 71.2 Å². The van der Waals surface area contributed by atoms with Crippen molar-refractivity contribution in [2.24, 2.45) is 12.2 Å². The number of aliphatic hydroxyl groups excluding tert-OH is 1. The van der Waals surface area contributed by atoms with E-state index >= 15 is 0 Å². The molecule has 2 atom stereocenters. The number of aryl methyl sites for hydroxylation is 1. The summed E-state index contributed by atoms with van der Waals surface area (Å²) in [5, 5.41) is 26.3. The summed E-state index contributed by atoms with van der Waals surface area (Å²) >= 11 is 0. The number of nitriles is 1. The van der Waals surface area contributed by atoms with Gasteiger partial charge in [0.1, 0.15) is 17.6 Å². The van der Waals surface area contributed by atoms with Crippen molar-refractivity contribution in [1.82, 2.24) is 14.9 Å².